The zero-order valence-corrected chi connectivity index (χ0v) is 12.0. The van der Waals surface area contributed by atoms with Crippen molar-refractivity contribution in [2.75, 3.05) is 45.2 Å². The highest BCUT2D eigenvalue weighted by atomic mass is 16.5. The predicted molar refractivity (Wildman–Crippen MR) is 79.9 cm³/mol. The predicted octanol–water partition coefficient (Wildman–Crippen LogP) is 1.55. The fraction of sp³-hybridized carbons (Fsp3) is 0.600. The molecule has 1 aromatic carbocycles. The molecule has 0 aliphatic carbocycles. The number of hydrogen-bond acceptors (Lipinski definition) is 4. The molecule has 0 unspecified atom stereocenters. The lowest BCUT2D eigenvalue weighted by atomic mass is 10.1. The minimum absolute atomic E-state index is 0.397. The number of rotatable bonds is 5. The molecule has 1 aliphatic heterocycles. The van der Waals surface area contributed by atoms with Crippen molar-refractivity contribution in [3.05, 3.63) is 24.3 Å². The van der Waals surface area contributed by atoms with Gasteiger partial charge in [-0.15, -0.1) is 0 Å². The van der Waals surface area contributed by atoms with E-state index < -0.39 is 0 Å². The van der Waals surface area contributed by atoms with Gasteiger partial charge >= 0.3 is 0 Å². The third kappa shape index (κ3) is 4.40. The average Bonchev–Trinajstić information content (AvgIpc) is 2.41. The quantitative estimate of drug-likeness (QED) is 0.875. The van der Waals surface area contributed by atoms with Gasteiger partial charge in [-0.3, -0.25) is 4.90 Å². The molecule has 0 aromatic heterocycles. The maximum absolute atomic E-state index is 5.90. The van der Waals surface area contributed by atoms with Crippen LogP contribution >= 0.6 is 0 Å². The van der Waals surface area contributed by atoms with E-state index in [0.717, 1.165) is 44.8 Å². The van der Waals surface area contributed by atoms with Crippen molar-refractivity contribution in [3.63, 3.8) is 0 Å². The first-order chi connectivity index (χ1) is 9.15. The molecule has 0 spiro atoms. The second kappa shape index (κ2) is 6.78. The van der Waals surface area contributed by atoms with Crippen LogP contribution < -0.4 is 15.4 Å². The van der Waals surface area contributed by atoms with E-state index in [1.165, 1.54) is 5.69 Å². The van der Waals surface area contributed by atoms with Crippen LogP contribution in [-0.2, 0) is 0 Å². The fourth-order valence-corrected chi connectivity index (χ4v) is 2.32. The number of ether oxygens (including phenoxy) is 1. The van der Waals surface area contributed by atoms with Crippen LogP contribution in [0.25, 0.3) is 0 Å². The van der Waals surface area contributed by atoms with Crippen LogP contribution in [0.2, 0.25) is 0 Å². The Kier molecular flexibility index (Phi) is 5.05. The maximum Gasteiger partial charge on any atom is 0.121 e. The Balaban J connectivity index is 1.75. The van der Waals surface area contributed by atoms with E-state index in [4.69, 9.17) is 10.5 Å². The van der Waals surface area contributed by atoms with Gasteiger partial charge in [0.25, 0.3) is 0 Å². The minimum Gasteiger partial charge on any atom is -0.492 e. The van der Waals surface area contributed by atoms with E-state index in [9.17, 15) is 0 Å². The van der Waals surface area contributed by atoms with Crippen molar-refractivity contribution in [3.8, 4) is 5.75 Å². The van der Waals surface area contributed by atoms with Gasteiger partial charge in [-0.1, -0.05) is 6.07 Å². The number of benzene rings is 1. The molecule has 1 aromatic rings. The van der Waals surface area contributed by atoms with Crippen LogP contribution in [0.1, 0.15) is 12.8 Å². The van der Waals surface area contributed by atoms with E-state index in [1.807, 2.05) is 26.2 Å². The summed E-state index contributed by atoms with van der Waals surface area (Å²) in [6.07, 6.45) is 2.21. The molecule has 1 heterocycles. The highest BCUT2D eigenvalue weighted by Crippen LogP contribution is 2.19. The van der Waals surface area contributed by atoms with Gasteiger partial charge in [0.2, 0.25) is 0 Å². The molecular formula is C15H25N3O. The van der Waals surface area contributed by atoms with Gasteiger partial charge in [0.15, 0.2) is 0 Å². The molecule has 0 radical (unpaired) electrons. The van der Waals surface area contributed by atoms with Gasteiger partial charge in [-0.25, -0.2) is 0 Å². The van der Waals surface area contributed by atoms with Crippen LogP contribution in [-0.4, -0.2) is 51.3 Å². The van der Waals surface area contributed by atoms with E-state index >= 15 is 0 Å². The molecule has 106 valence electrons. The van der Waals surface area contributed by atoms with E-state index in [-0.39, 0.29) is 0 Å². The summed E-state index contributed by atoms with van der Waals surface area (Å²) in [5.74, 6) is 0.944. The van der Waals surface area contributed by atoms with Crippen LogP contribution in [0.5, 0.6) is 5.75 Å². The molecule has 1 saturated heterocycles. The number of likely N-dealkylation sites (tertiary alicyclic amines) is 1. The smallest absolute Gasteiger partial charge is 0.121 e. The third-order valence-corrected chi connectivity index (χ3v) is 3.64. The van der Waals surface area contributed by atoms with Crippen molar-refractivity contribution in [1.29, 1.82) is 0 Å². The second-order valence-corrected chi connectivity index (χ2v) is 5.42. The summed E-state index contributed by atoms with van der Waals surface area (Å²) in [4.78, 5) is 4.51. The number of hydrogen-bond donors (Lipinski definition) is 1. The topological polar surface area (TPSA) is 41.7 Å². The first kappa shape index (κ1) is 14.2. The van der Waals surface area contributed by atoms with Gasteiger partial charge in [-0.05, 0) is 38.1 Å². The number of piperidine rings is 1. The standard InChI is InChI=1S/C15H25N3O/c1-17(2)14-4-3-5-15(12-14)19-11-10-18-8-6-13(16)7-9-18/h3-5,12-13H,6-11,16H2,1-2H3. The summed E-state index contributed by atoms with van der Waals surface area (Å²) < 4.78 is 5.83. The molecule has 2 N–H and O–H groups in total. The Bertz CT molecular complexity index is 387. The summed E-state index contributed by atoms with van der Waals surface area (Å²) in [6, 6.07) is 8.60. The van der Waals surface area contributed by atoms with Crippen LogP contribution in [0.15, 0.2) is 24.3 Å². The Hall–Kier alpha value is -1.26. The Morgan fingerprint density at radius 3 is 2.74 bits per heavy atom. The highest BCUT2D eigenvalue weighted by molar-refractivity contribution is 5.49. The van der Waals surface area contributed by atoms with Crippen molar-refractivity contribution in [2.24, 2.45) is 5.73 Å². The zero-order valence-electron chi connectivity index (χ0n) is 12.0. The van der Waals surface area contributed by atoms with Crippen LogP contribution in [0, 0.1) is 0 Å². The van der Waals surface area contributed by atoms with Crippen molar-refractivity contribution in [1.82, 2.24) is 4.90 Å². The lowest BCUT2D eigenvalue weighted by Crippen LogP contribution is -2.41. The van der Waals surface area contributed by atoms with Gasteiger partial charge in [0.05, 0.1) is 0 Å². The first-order valence-electron chi connectivity index (χ1n) is 7.03. The van der Waals surface area contributed by atoms with Gasteiger partial charge in [-0.2, -0.15) is 0 Å². The SMILES string of the molecule is CN(C)c1cccc(OCCN2CCC(N)CC2)c1. The molecule has 0 saturated carbocycles. The summed E-state index contributed by atoms with van der Waals surface area (Å²) in [5.41, 5.74) is 7.07. The van der Waals surface area contributed by atoms with Crippen LogP contribution in [0.4, 0.5) is 5.69 Å². The van der Waals surface area contributed by atoms with Gasteiger partial charge < -0.3 is 15.4 Å². The maximum atomic E-state index is 5.90. The lowest BCUT2D eigenvalue weighted by Gasteiger charge is -2.29. The summed E-state index contributed by atoms with van der Waals surface area (Å²) in [5, 5.41) is 0. The Morgan fingerprint density at radius 2 is 2.05 bits per heavy atom. The van der Waals surface area contributed by atoms with Crippen LogP contribution in [0.3, 0.4) is 0 Å². The molecule has 1 aliphatic rings. The monoisotopic (exact) mass is 263 g/mol. The van der Waals surface area contributed by atoms with Crippen molar-refractivity contribution in [2.45, 2.75) is 18.9 Å². The molecule has 0 atom stereocenters. The number of nitrogens with zero attached hydrogens (tertiary/aromatic N) is 2. The Labute approximate surface area is 116 Å². The third-order valence-electron chi connectivity index (χ3n) is 3.64. The molecule has 1 fully saturated rings. The molecule has 4 nitrogen and oxygen atoms in total. The molecule has 4 heteroatoms. The summed E-state index contributed by atoms with van der Waals surface area (Å²) in [7, 11) is 4.08. The largest absolute Gasteiger partial charge is 0.492 e. The first-order valence-corrected chi connectivity index (χ1v) is 7.03. The molecule has 0 amide bonds. The van der Waals surface area contributed by atoms with E-state index in [1.54, 1.807) is 0 Å². The van der Waals surface area contributed by atoms with Crippen molar-refractivity contribution < 1.29 is 4.74 Å². The molecule has 19 heavy (non-hydrogen) atoms. The summed E-state index contributed by atoms with van der Waals surface area (Å²) >= 11 is 0. The second-order valence-electron chi connectivity index (χ2n) is 5.42. The number of anilines is 1. The fourth-order valence-electron chi connectivity index (χ4n) is 2.32. The highest BCUT2D eigenvalue weighted by Gasteiger charge is 2.15. The summed E-state index contributed by atoms with van der Waals surface area (Å²) in [6.45, 7) is 3.93. The molecule has 0 bridgehead atoms. The number of nitrogens with two attached hydrogens (primary N) is 1. The van der Waals surface area contributed by atoms with Crippen molar-refractivity contribution >= 4 is 5.69 Å². The molecule has 2 rings (SSSR count). The van der Waals surface area contributed by atoms with E-state index in [2.05, 4.69) is 21.9 Å². The lowest BCUT2D eigenvalue weighted by molar-refractivity contribution is 0.174. The van der Waals surface area contributed by atoms with Gasteiger partial charge in [0.1, 0.15) is 12.4 Å². The zero-order chi connectivity index (χ0) is 13.7. The molecular weight excluding hydrogens is 238 g/mol. The average molecular weight is 263 g/mol. The van der Waals surface area contributed by atoms with Gasteiger partial charge in [0, 0.05) is 38.4 Å². The normalized spacial score (nSPS) is 17.4. The Morgan fingerprint density at radius 1 is 1.32 bits per heavy atom. The minimum atomic E-state index is 0.397. The van der Waals surface area contributed by atoms with E-state index in [0.29, 0.717) is 6.04 Å².